The van der Waals surface area contributed by atoms with E-state index in [1.54, 1.807) is 0 Å². The molecule has 8 heteroatoms. The number of anilines is 1. The second-order valence-corrected chi connectivity index (χ2v) is 5.92. The number of fused-ring (bicyclic) bond motifs is 1. The number of hydrogen-bond acceptors (Lipinski definition) is 7. The van der Waals surface area contributed by atoms with E-state index in [1.807, 2.05) is 0 Å². The number of aromatic nitrogens is 3. The van der Waals surface area contributed by atoms with Crippen LogP contribution >= 0.6 is 11.3 Å². The lowest BCUT2D eigenvalue weighted by Crippen LogP contribution is -2.29. The zero-order valence-corrected chi connectivity index (χ0v) is 12.5. The number of nitrogens with one attached hydrogen (secondary N) is 1. The Morgan fingerprint density at radius 3 is 2.73 bits per heavy atom. The molecule has 1 amide bonds. The first-order valence-corrected chi connectivity index (χ1v) is 7.48. The van der Waals surface area contributed by atoms with Crippen molar-refractivity contribution < 1.29 is 14.4 Å². The van der Waals surface area contributed by atoms with Crippen LogP contribution in [0.25, 0.3) is 0 Å². The number of carbonyl (C=O) groups excluding carboxylic acids is 3. The van der Waals surface area contributed by atoms with Crippen LogP contribution in [0.1, 0.15) is 39.1 Å². The number of carbonyl (C=O) groups is 3. The van der Waals surface area contributed by atoms with Crippen molar-refractivity contribution in [1.82, 2.24) is 15.0 Å². The smallest absolute Gasteiger partial charge is 0.223 e. The molecule has 1 aliphatic rings. The third kappa shape index (κ3) is 2.64. The Bertz CT molecular complexity index is 757. The summed E-state index contributed by atoms with van der Waals surface area (Å²) in [6, 6.07) is 0. The molecule has 0 unspecified atom stereocenters. The van der Waals surface area contributed by atoms with Crippen molar-refractivity contribution in [3.05, 3.63) is 34.9 Å². The average Bonchev–Trinajstić information content (AvgIpc) is 2.90. The van der Waals surface area contributed by atoms with E-state index in [0.29, 0.717) is 34.1 Å². The predicted molar refractivity (Wildman–Crippen MR) is 78.9 cm³/mol. The number of Topliss-reactive ketones (excluding diaryl/α,β-unsaturated/α-hetero) is 2. The van der Waals surface area contributed by atoms with E-state index in [-0.39, 0.29) is 17.5 Å². The summed E-state index contributed by atoms with van der Waals surface area (Å²) in [5, 5.41) is 2.96. The number of amides is 1. The van der Waals surface area contributed by atoms with Gasteiger partial charge < -0.3 is 5.32 Å². The summed E-state index contributed by atoms with van der Waals surface area (Å²) in [5.41, 5.74) is 0.975. The molecular formula is C14H12N4O3S. The maximum absolute atomic E-state index is 12.5. The van der Waals surface area contributed by atoms with Gasteiger partial charge in [0.05, 0.1) is 22.1 Å². The highest BCUT2D eigenvalue weighted by Gasteiger charge is 2.36. The zero-order valence-electron chi connectivity index (χ0n) is 11.7. The lowest BCUT2D eigenvalue weighted by molar-refractivity contribution is -0.114. The second-order valence-electron chi connectivity index (χ2n) is 4.92. The van der Waals surface area contributed by atoms with Gasteiger partial charge in [-0.1, -0.05) is 11.3 Å². The first-order chi connectivity index (χ1) is 10.6. The fourth-order valence-electron chi connectivity index (χ4n) is 2.37. The molecule has 2 heterocycles. The second kappa shape index (κ2) is 5.72. The fourth-order valence-corrected chi connectivity index (χ4v) is 3.42. The van der Waals surface area contributed by atoms with Gasteiger partial charge in [0.2, 0.25) is 5.91 Å². The highest BCUT2D eigenvalue weighted by atomic mass is 32.1. The molecule has 1 N–H and O–H groups in total. The molecule has 1 aliphatic carbocycles. The zero-order chi connectivity index (χ0) is 15.7. The van der Waals surface area contributed by atoms with Crippen molar-refractivity contribution in [2.75, 3.05) is 5.32 Å². The van der Waals surface area contributed by atoms with Crippen molar-refractivity contribution in [3.8, 4) is 0 Å². The molecule has 0 radical (unpaired) electrons. The van der Waals surface area contributed by atoms with Crippen molar-refractivity contribution in [3.63, 3.8) is 0 Å². The molecule has 22 heavy (non-hydrogen) atoms. The molecular weight excluding hydrogens is 304 g/mol. The third-order valence-corrected chi connectivity index (χ3v) is 4.38. The molecule has 0 spiro atoms. The Labute approximate surface area is 129 Å². The molecule has 0 aliphatic heterocycles. The number of rotatable bonds is 3. The summed E-state index contributed by atoms with van der Waals surface area (Å²) in [6.45, 7) is 1.38. The van der Waals surface area contributed by atoms with E-state index in [1.165, 1.54) is 25.6 Å². The number of nitrogens with zero attached hydrogens (tertiary/aromatic N) is 3. The van der Waals surface area contributed by atoms with Crippen LogP contribution in [-0.2, 0) is 11.2 Å². The number of aryl methyl sites for hydroxylation is 1. The van der Waals surface area contributed by atoms with Gasteiger partial charge in [0.25, 0.3) is 0 Å². The summed E-state index contributed by atoms with van der Waals surface area (Å²) in [6.07, 6.45) is 5.09. The van der Waals surface area contributed by atoms with Gasteiger partial charge in [-0.05, 0) is 12.8 Å². The first kappa shape index (κ1) is 14.5. The third-order valence-electron chi connectivity index (χ3n) is 3.35. The Balaban J connectivity index is 1.86. The summed E-state index contributed by atoms with van der Waals surface area (Å²) < 4.78 is 0. The van der Waals surface area contributed by atoms with Gasteiger partial charge >= 0.3 is 0 Å². The monoisotopic (exact) mass is 316 g/mol. The van der Waals surface area contributed by atoms with Gasteiger partial charge in [0, 0.05) is 19.3 Å². The Morgan fingerprint density at radius 1 is 1.32 bits per heavy atom. The van der Waals surface area contributed by atoms with Gasteiger partial charge in [-0.3, -0.25) is 14.4 Å². The van der Waals surface area contributed by atoms with E-state index in [4.69, 9.17) is 0 Å². The van der Waals surface area contributed by atoms with Gasteiger partial charge in [-0.25, -0.2) is 15.0 Å². The highest BCUT2D eigenvalue weighted by Crippen LogP contribution is 2.33. The molecule has 0 saturated carbocycles. The minimum absolute atomic E-state index is 0.243. The van der Waals surface area contributed by atoms with Crippen molar-refractivity contribution in [1.29, 1.82) is 0 Å². The maximum atomic E-state index is 12.5. The Hall–Kier alpha value is -2.48. The van der Waals surface area contributed by atoms with Crippen LogP contribution in [0.3, 0.4) is 0 Å². The quantitative estimate of drug-likeness (QED) is 0.680. The lowest BCUT2D eigenvalue weighted by Gasteiger charge is -2.18. The van der Waals surface area contributed by atoms with E-state index in [0.717, 1.165) is 11.3 Å². The maximum Gasteiger partial charge on any atom is 0.223 e. The molecule has 7 nitrogen and oxygen atoms in total. The Kier molecular flexibility index (Phi) is 3.76. The number of hydrogen-bond donors (Lipinski definition) is 1. The number of thiazole rings is 1. The van der Waals surface area contributed by atoms with Crippen molar-refractivity contribution >= 4 is 33.9 Å². The summed E-state index contributed by atoms with van der Waals surface area (Å²) in [5.74, 6) is -1.49. The van der Waals surface area contributed by atoms with E-state index >= 15 is 0 Å². The van der Waals surface area contributed by atoms with Gasteiger partial charge in [-0.15, -0.1) is 0 Å². The van der Waals surface area contributed by atoms with E-state index in [9.17, 15) is 14.4 Å². The van der Waals surface area contributed by atoms with Crippen LogP contribution in [0.15, 0.2) is 18.7 Å². The minimum Gasteiger partial charge on any atom is -0.302 e. The van der Waals surface area contributed by atoms with Crippen LogP contribution in [0.5, 0.6) is 0 Å². The van der Waals surface area contributed by atoms with Crippen molar-refractivity contribution in [2.45, 2.75) is 19.8 Å². The van der Waals surface area contributed by atoms with E-state index in [2.05, 4.69) is 20.3 Å². The first-order valence-electron chi connectivity index (χ1n) is 6.67. The molecule has 1 atom stereocenters. The molecule has 0 saturated heterocycles. The summed E-state index contributed by atoms with van der Waals surface area (Å²) in [4.78, 5) is 48.3. The molecule has 2 aromatic rings. The van der Waals surface area contributed by atoms with Gasteiger partial charge in [-0.2, -0.15) is 0 Å². The summed E-state index contributed by atoms with van der Waals surface area (Å²) in [7, 11) is 0. The molecule has 2 aromatic heterocycles. The topological polar surface area (TPSA) is 102 Å². The van der Waals surface area contributed by atoms with Crippen LogP contribution in [0, 0.1) is 5.92 Å². The summed E-state index contributed by atoms with van der Waals surface area (Å²) >= 11 is 1.11. The normalized spacial score (nSPS) is 17.0. The van der Waals surface area contributed by atoms with Crippen LogP contribution in [0.2, 0.25) is 0 Å². The van der Waals surface area contributed by atoms with Gasteiger partial charge in [0.1, 0.15) is 6.33 Å². The van der Waals surface area contributed by atoms with Crippen molar-refractivity contribution in [2.24, 2.45) is 5.92 Å². The average molecular weight is 316 g/mol. The van der Waals surface area contributed by atoms with Crippen LogP contribution < -0.4 is 5.32 Å². The molecule has 0 aromatic carbocycles. The fraction of sp³-hybridized carbons (Fsp3) is 0.286. The minimum atomic E-state index is -0.732. The largest absolute Gasteiger partial charge is 0.302 e. The van der Waals surface area contributed by atoms with Gasteiger partial charge in [0.15, 0.2) is 16.7 Å². The lowest BCUT2D eigenvalue weighted by atomic mass is 9.85. The SMILES string of the molecule is CC(=O)Nc1nc2c(s1)C(=O)[C@@H](C(=O)c1cncnc1)CC2. The molecule has 0 bridgehead atoms. The number of ketones is 2. The van der Waals surface area contributed by atoms with Crippen LogP contribution in [0.4, 0.5) is 5.13 Å². The standard InChI is InChI=1S/C14H12N4O3S/c1-7(19)17-14-18-10-3-2-9(12(21)13(10)22-14)11(20)8-4-15-6-16-5-8/h4-6,9H,2-3H2,1H3,(H,17,18,19)/t9-/m1/s1. The molecule has 3 rings (SSSR count). The predicted octanol–water partition coefficient (Wildman–Crippen LogP) is 1.52. The van der Waals surface area contributed by atoms with Crippen LogP contribution in [-0.4, -0.2) is 32.4 Å². The van der Waals surface area contributed by atoms with E-state index < -0.39 is 5.92 Å². The molecule has 112 valence electrons. The molecule has 0 fully saturated rings. The Morgan fingerprint density at radius 2 is 2.05 bits per heavy atom. The highest BCUT2D eigenvalue weighted by molar-refractivity contribution is 7.17.